The number of carbonyl (C=O) groups is 1. The maximum absolute atomic E-state index is 12.0. The Balaban J connectivity index is 2.04. The minimum Gasteiger partial charge on any atom is -0.493 e. The number of hydrogen-bond acceptors (Lipinski definition) is 4. The summed E-state index contributed by atoms with van der Waals surface area (Å²) in [5.74, 6) is 1.90. The molecule has 1 aromatic heterocycles. The first kappa shape index (κ1) is 15.7. The number of hydrogen-bond donors (Lipinski definition) is 2. The van der Waals surface area contributed by atoms with Gasteiger partial charge < -0.3 is 14.8 Å². The first-order valence-corrected chi connectivity index (χ1v) is 6.82. The maximum Gasteiger partial charge on any atom is 0.320 e. The lowest BCUT2D eigenvalue weighted by Gasteiger charge is -2.17. The zero-order valence-electron chi connectivity index (χ0n) is 13.1. The smallest absolute Gasteiger partial charge is 0.320 e. The molecule has 2 N–H and O–H groups in total. The van der Waals surface area contributed by atoms with E-state index >= 15 is 0 Å². The summed E-state index contributed by atoms with van der Waals surface area (Å²) in [5.41, 5.74) is 0.915. The second-order valence-corrected chi connectivity index (χ2v) is 4.77. The average Bonchev–Trinajstić information content (AvgIpc) is 2.91. The number of benzene rings is 1. The Morgan fingerprint density at radius 3 is 2.55 bits per heavy atom. The van der Waals surface area contributed by atoms with E-state index in [9.17, 15) is 4.79 Å². The largest absolute Gasteiger partial charge is 0.493 e. The Labute approximate surface area is 129 Å². The van der Waals surface area contributed by atoms with Crippen LogP contribution < -0.4 is 20.1 Å². The molecule has 2 amide bonds. The van der Waals surface area contributed by atoms with Crippen LogP contribution in [0.25, 0.3) is 0 Å². The first-order valence-electron chi connectivity index (χ1n) is 6.82. The molecule has 0 fully saturated rings. The number of ether oxygens (including phenoxy) is 2. The van der Waals surface area contributed by atoms with E-state index in [1.807, 2.05) is 25.1 Å². The standard InChI is InChI=1S/C15H20N4O3/c1-10(11-5-6-12(21-3)13(9-11)22-4)17-15(20)18-14-7-8-16-19(14)2/h5-10H,1-4H3,(H2,17,18,20). The molecule has 0 saturated carbocycles. The Bertz CT molecular complexity index is 654. The summed E-state index contributed by atoms with van der Waals surface area (Å²) >= 11 is 0. The van der Waals surface area contributed by atoms with Crippen LogP contribution in [0.5, 0.6) is 11.5 Å². The minimum absolute atomic E-state index is 0.187. The van der Waals surface area contributed by atoms with Crippen molar-refractivity contribution in [1.29, 1.82) is 0 Å². The summed E-state index contributed by atoms with van der Waals surface area (Å²) in [6.45, 7) is 1.89. The van der Waals surface area contributed by atoms with Crippen LogP contribution in [-0.4, -0.2) is 30.0 Å². The van der Waals surface area contributed by atoms with E-state index in [0.717, 1.165) is 5.56 Å². The van der Waals surface area contributed by atoms with Gasteiger partial charge in [0.15, 0.2) is 11.5 Å². The van der Waals surface area contributed by atoms with Crippen molar-refractivity contribution >= 4 is 11.8 Å². The predicted octanol–water partition coefficient (Wildman–Crippen LogP) is 2.32. The predicted molar refractivity (Wildman–Crippen MR) is 83.3 cm³/mol. The van der Waals surface area contributed by atoms with Gasteiger partial charge >= 0.3 is 6.03 Å². The van der Waals surface area contributed by atoms with Gasteiger partial charge in [-0.15, -0.1) is 0 Å². The van der Waals surface area contributed by atoms with Gasteiger partial charge in [0, 0.05) is 13.1 Å². The molecule has 2 rings (SSSR count). The topological polar surface area (TPSA) is 77.4 Å². The molecule has 1 heterocycles. The Morgan fingerprint density at radius 1 is 1.23 bits per heavy atom. The highest BCUT2D eigenvalue weighted by molar-refractivity contribution is 5.88. The molecule has 1 unspecified atom stereocenters. The summed E-state index contributed by atoms with van der Waals surface area (Å²) < 4.78 is 12.1. The number of urea groups is 1. The molecular weight excluding hydrogens is 284 g/mol. The summed E-state index contributed by atoms with van der Waals surface area (Å²) in [7, 11) is 4.92. The zero-order chi connectivity index (χ0) is 16.1. The number of anilines is 1. The highest BCUT2D eigenvalue weighted by Crippen LogP contribution is 2.29. The Hall–Kier alpha value is -2.70. The van der Waals surface area contributed by atoms with E-state index in [2.05, 4.69) is 15.7 Å². The number of nitrogens with zero attached hydrogens (tertiary/aromatic N) is 2. The van der Waals surface area contributed by atoms with E-state index in [1.165, 1.54) is 0 Å². The van der Waals surface area contributed by atoms with Gasteiger partial charge in [-0.1, -0.05) is 6.07 Å². The van der Waals surface area contributed by atoms with Gasteiger partial charge in [-0.2, -0.15) is 5.10 Å². The maximum atomic E-state index is 12.0. The second-order valence-electron chi connectivity index (χ2n) is 4.77. The third-order valence-electron chi connectivity index (χ3n) is 3.32. The molecule has 7 heteroatoms. The third kappa shape index (κ3) is 3.49. The van der Waals surface area contributed by atoms with E-state index < -0.39 is 0 Å². The van der Waals surface area contributed by atoms with Crippen molar-refractivity contribution in [2.24, 2.45) is 7.05 Å². The SMILES string of the molecule is COc1ccc(C(C)NC(=O)Nc2ccnn2C)cc1OC. The number of carbonyl (C=O) groups excluding carboxylic acids is 1. The van der Waals surface area contributed by atoms with Gasteiger partial charge in [-0.05, 0) is 24.6 Å². The zero-order valence-corrected chi connectivity index (χ0v) is 13.1. The summed E-state index contributed by atoms with van der Waals surface area (Å²) in [4.78, 5) is 12.0. The molecule has 118 valence electrons. The molecule has 0 aliphatic carbocycles. The van der Waals surface area contributed by atoms with Crippen LogP contribution in [0.4, 0.5) is 10.6 Å². The van der Waals surface area contributed by atoms with E-state index in [-0.39, 0.29) is 12.1 Å². The van der Waals surface area contributed by atoms with Gasteiger partial charge in [0.2, 0.25) is 0 Å². The van der Waals surface area contributed by atoms with Gasteiger partial charge in [0.05, 0.1) is 26.5 Å². The highest BCUT2D eigenvalue weighted by atomic mass is 16.5. The molecule has 1 aromatic carbocycles. The number of aromatic nitrogens is 2. The lowest BCUT2D eigenvalue weighted by Crippen LogP contribution is -2.31. The first-order chi connectivity index (χ1) is 10.5. The molecule has 7 nitrogen and oxygen atoms in total. The quantitative estimate of drug-likeness (QED) is 0.888. The Kier molecular flexibility index (Phi) is 4.88. The van der Waals surface area contributed by atoms with Gasteiger partial charge in [0.25, 0.3) is 0 Å². The van der Waals surface area contributed by atoms with Crippen LogP contribution in [0, 0.1) is 0 Å². The number of nitrogens with one attached hydrogen (secondary N) is 2. The third-order valence-corrected chi connectivity index (χ3v) is 3.32. The van der Waals surface area contributed by atoms with Crippen LogP contribution in [0.3, 0.4) is 0 Å². The Morgan fingerprint density at radius 2 is 1.95 bits per heavy atom. The molecule has 0 aliphatic heterocycles. The number of methoxy groups -OCH3 is 2. The van der Waals surface area contributed by atoms with Crippen molar-refractivity contribution in [2.75, 3.05) is 19.5 Å². The number of rotatable bonds is 5. The molecule has 0 spiro atoms. The van der Waals surface area contributed by atoms with Crippen LogP contribution in [-0.2, 0) is 7.05 Å². The monoisotopic (exact) mass is 304 g/mol. The van der Waals surface area contributed by atoms with E-state index in [1.54, 1.807) is 38.2 Å². The lowest BCUT2D eigenvalue weighted by atomic mass is 10.1. The molecule has 1 atom stereocenters. The lowest BCUT2D eigenvalue weighted by molar-refractivity contribution is 0.249. The van der Waals surface area contributed by atoms with Crippen LogP contribution in [0.15, 0.2) is 30.5 Å². The number of aryl methyl sites for hydroxylation is 1. The fourth-order valence-corrected chi connectivity index (χ4v) is 2.05. The van der Waals surface area contributed by atoms with Crippen molar-refractivity contribution in [3.05, 3.63) is 36.0 Å². The molecule has 0 bridgehead atoms. The van der Waals surface area contributed by atoms with Gasteiger partial charge in [-0.25, -0.2) is 4.79 Å². The van der Waals surface area contributed by atoms with E-state index in [4.69, 9.17) is 9.47 Å². The van der Waals surface area contributed by atoms with Crippen molar-refractivity contribution in [1.82, 2.24) is 15.1 Å². The van der Waals surface area contributed by atoms with Gasteiger partial charge in [0.1, 0.15) is 5.82 Å². The summed E-state index contributed by atoms with van der Waals surface area (Å²) in [6.07, 6.45) is 1.62. The summed E-state index contributed by atoms with van der Waals surface area (Å²) in [5, 5.41) is 9.59. The summed E-state index contributed by atoms with van der Waals surface area (Å²) in [6, 6.07) is 6.77. The van der Waals surface area contributed by atoms with Gasteiger partial charge in [-0.3, -0.25) is 10.00 Å². The average molecular weight is 304 g/mol. The fourth-order valence-electron chi connectivity index (χ4n) is 2.05. The van der Waals surface area contributed by atoms with Crippen LogP contribution in [0.1, 0.15) is 18.5 Å². The number of amides is 2. The van der Waals surface area contributed by atoms with Crippen LogP contribution >= 0.6 is 0 Å². The van der Waals surface area contributed by atoms with E-state index in [0.29, 0.717) is 17.3 Å². The molecule has 0 saturated heterocycles. The molecule has 0 aliphatic rings. The normalized spacial score (nSPS) is 11.6. The van der Waals surface area contributed by atoms with Crippen LogP contribution in [0.2, 0.25) is 0 Å². The molecule has 2 aromatic rings. The molecule has 0 radical (unpaired) electrons. The fraction of sp³-hybridized carbons (Fsp3) is 0.333. The molecular formula is C15H20N4O3. The second kappa shape index (κ2) is 6.84. The highest BCUT2D eigenvalue weighted by Gasteiger charge is 2.13. The molecule has 22 heavy (non-hydrogen) atoms. The van der Waals surface area contributed by atoms with Crippen molar-refractivity contribution in [3.63, 3.8) is 0 Å². The van der Waals surface area contributed by atoms with Crippen molar-refractivity contribution < 1.29 is 14.3 Å². The van der Waals surface area contributed by atoms with Crippen molar-refractivity contribution in [2.45, 2.75) is 13.0 Å². The minimum atomic E-state index is -0.300. The van der Waals surface area contributed by atoms with Crippen molar-refractivity contribution in [3.8, 4) is 11.5 Å².